The molecular weight excluding hydrogens is 328 g/mol. The van der Waals surface area contributed by atoms with E-state index in [2.05, 4.69) is 29.5 Å². The first-order valence-corrected chi connectivity index (χ1v) is 9.80. The van der Waals surface area contributed by atoms with E-state index in [1.807, 2.05) is 24.4 Å². The molecule has 0 spiro atoms. The number of nitrogens with zero attached hydrogens (tertiary/aromatic N) is 6. The van der Waals surface area contributed by atoms with Crippen molar-refractivity contribution in [1.29, 1.82) is 0 Å². The minimum Gasteiger partial charge on any atom is -0.381 e. The summed E-state index contributed by atoms with van der Waals surface area (Å²) in [6.45, 7) is 6.90. The van der Waals surface area contributed by atoms with Crippen LogP contribution in [0, 0.1) is 5.92 Å². The quantitative estimate of drug-likeness (QED) is 0.814. The average Bonchev–Trinajstić information content (AvgIpc) is 3.26. The summed E-state index contributed by atoms with van der Waals surface area (Å²) in [6, 6.07) is 6.80. The fraction of sp³-hybridized carbons (Fsp3) is 0.632. The van der Waals surface area contributed by atoms with Crippen molar-refractivity contribution in [2.24, 2.45) is 5.92 Å². The van der Waals surface area contributed by atoms with E-state index in [-0.39, 0.29) is 0 Å². The highest BCUT2D eigenvalue weighted by Crippen LogP contribution is 2.30. The molecule has 1 saturated carbocycles. The third-order valence-corrected chi connectivity index (χ3v) is 5.75. The fourth-order valence-corrected chi connectivity index (χ4v) is 4.09. The van der Waals surface area contributed by atoms with Crippen molar-refractivity contribution in [3.05, 3.63) is 24.4 Å². The molecule has 0 unspecified atom stereocenters. The third kappa shape index (κ3) is 3.21. The van der Waals surface area contributed by atoms with Gasteiger partial charge in [-0.1, -0.05) is 6.07 Å². The molecule has 0 aromatic carbocycles. The standard InChI is InChI=1S/C19H26N6O/c1-2-7-20-17(3-1)18-21-22-19(25(18)13-15-6-12-26-14-15)24-10-8-23(9-11-24)16-4-5-16/h1-3,7,15-16H,4-6,8-14H2/t15-/m0/s1. The maximum atomic E-state index is 5.59. The van der Waals surface area contributed by atoms with Crippen molar-refractivity contribution in [3.8, 4) is 11.5 Å². The summed E-state index contributed by atoms with van der Waals surface area (Å²) >= 11 is 0. The first kappa shape index (κ1) is 16.2. The van der Waals surface area contributed by atoms with Gasteiger partial charge in [0.25, 0.3) is 0 Å². The van der Waals surface area contributed by atoms with Crippen LogP contribution >= 0.6 is 0 Å². The summed E-state index contributed by atoms with van der Waals surface area (Å²) in [7, 11) is 0. The van der Waals surface area contributed by atoms with E-state index in [0.29, 0.717) is 5.92 Å². The molecule has 0 bridgehead atoms. The molecule has 1 aliphatic carbocycles. The van der Waals surface area contributed by atoms with Crippen LogP contribution in [-0.4, -0.2) is 70.1 Å². The predicted molar refractivity (Wildman–Crippen MR) is 99.0 cm³/mol. The molecule has 0 N–H and O–H groups in total. The Bertz CT molecular complexity index is 730. The molecule has 1 atom stereocenters. The summed E-state index contributed by atoms with van der Waals surface area (Å²) in [6.07, 6.45) is 5.68. The number of hydrogen-bond donors (Lipinski definition) is 0. The number of aromatic nitrogens is 4. The van der Waals surface area contributed by atoms with E-state index in [4.69, 9.17) is 4.74 Å². The Labute approximate surface area is 154 Å². The Morgan fingerprint density at radius 2 is 1.92 bits per heavy atom. The molecule has 7 nitrogen and oxygen atoms in total. The molecule has 2 aliphatic heterocycles. The van der Waals surface area contributed by atoms with E-state index < -0.39 is 0 Å². The second-order valence-corrected chi connectivity index (χ2v) is 7.63. The van der Waals surface area contributed by atoms with Gasteiger partial charge in [-0.3, -0.25) is 14.5 Å². The molecule has 3 fully saturated rings. The summed E-state index contributed by atoms with van der Waals surface area (Å²) in [5.74, 6) is 2.39. The lowest BCUT2D eigenvalue weighted by Crippen LogP contribution is -2.48. The van der Waals surface area contributed by atoms with Crippen LogP contribution in [0.5, 0.6) is 0 Å². The summed E-state index contributed by atoms with van der Waals surface area (Å²) in [4.78, 5) is 9.53. The van der Waals surface area contributed by atoms with Gasteiger partial charge in [-0.05, 0) is 31.4 Å². The van der Waals surface area contributed by atoms with E-state index in [0.717, 1.165) is 75.9 Å². The van der Waals surface area contributed by atoms with Gasteiger partial charge in [0.15, 0.2) is 5.82 Å². The second-order valence-electron chi connectivity index (χ2n) is 7.63. The van der Waals surface area contributed by atoms with Gasteiger partial charge in [0.05, 0.1) is 6.61 Å². The van der Waals surface area contributed by atoms with Gasteiger partial charge >= 0.3 is 0 Å². The summed E-state index contributed by atoms with van der Waals surface area (Å²) < 4.78 is 7.87. The van der Waals surface area contributed by atoms with Crippen LogP contribution in [-0.2, 0) is 11.3 Å². The Morgan fingerprint density at radius 3 is 2.62 bits per heavy atom. The topological polar surface area (TPSA) is 59.3 Å². The van der Waals surface area contributed by atoms with E-state index in [1.165, 1.54) is 12.8 Å². The normalized spacial score (nSPS) is 24.3. The van der Waals surface area contributed by atoms with Crippen molar-refractivity contribution in [3.63, 3.8) is 0 Å². The van der Waals surface area contributed by atoms with Crippen molar-refractivity contribution in [1.82, 2.24) is 24.6 Å². The molecule has 0 amide bonds. The van der Waals surface area contributed by atoms with Gasteiger partial charge in [0, 0.05) is 57.5 Å². The Hall–Kier alpha value is -1.99. The Morgan fingerprint density at radius 1 is 1.04 bits per heavy atom. The number of rotatable bonds is 5. The lowest BCUT2D eigenvalue weighted by Gasteiger charge is -2.35. The molecule has 2 aromatic heterocycles. The third-order valence-electron chi connectivity index (χ3n) is 5.75. The van der Waals surface area contributed by atoms with Crippen molar-refractivity contribution < 1.29 is 4.74 Å². The molecule has 7 heteroatoms. The highest BCUT2D eigenvalue weighted by molar-refractivity contribution is 5.52. The monoisotopic (exact) mass is 354 g/mol. The van der Waals surface area contributed by atoms with Gasteiger partial charge < -0.3 is 9.64 Å². The van der Waals surface area contributed by atoms with E-state index in [1.54, 1.807) is 0 Å². The number of ether oxygens (including phenoxy) is 1. The molecule has 0 radical (unpaired) electrons. The van der Waals surface area contributed by atoms with Gasteiger partial charge in [-0.15, -0.1) is 10.2 Å². The molecule has 138 valence electrons. The maximum Gasteiger partial charge on any atom is 0.227 e. The summed E-state index contributed by atoms with van der Waals surface area (Å²) in [5.41, 5.74) is 0.891. The zero-order valence-electron chi connectivity index (χ0n) is 15.1. The number of anilines is 1. The first-order chi connectivity index (χ1) is 12.9. The van der Waals surface area contributed by atoms with Gasteiger partial charge in [0.1, 0.15) is 5.69 Å². The number of pyridine rings is 1. The molecular formula is C19H26N6O. The van der Waals surface area contributed by atoms with Crippen molar-refractivity contribution >= 4 is 5.95 Å². The molecule has 4 heterocycles. The van der Waals surface area contributed by atoms with E-state index in [9.17, 15) is 0 Å². The zero-order valence-corrected chi connectivity index (χ0v) is 15.1. The largest absolute Gasteiger partial charge is 0.381 e. The van der Waals surface area contributed by atoms with Gasteiger partial charge in [-0.25, -0.2) is 0 Å². The minimum atomic E-state index is 0.528. The highest BCUT2D eigenvalue weighted by Gasteiger charge is 2.33. The first-order valence-electron chi connectivity index (χ1n) is 9.80. The molecule has 2 saturated heterocycles. The van der Waals surface area contributed by atoms with Crippen LogP contribution < -0.4 is 4.90 Å². The number of piperazine rings is 1. The van der Waals surface area contributed by atoms with Gasteiger partial charge in [0.2, 0.25) is 5.95 Å². The highest BCUT2D eigenvalue weighted by atomic mass is 16.5. The Balaban J connectivity index is 1.41. The predicted octanol–water partition coefficient (Wildman–Crippen LogP) is 1.66. The SMILES string of the molecule is c1ccc(-c2nnc(N3CCN(C4CC4)CC3)n2C[C@@H]2CCOC2)nc1. The lowest BCUT2D eigenvalue weighted by atomic mass is 10.1. The molecule has 26 heavy (non-hydrogen) atoms. The van der Waals surface area contributed by atoms with Crippen LogP contribution in [0.2, 0.25) is 0 Å². The van der Waals surface area contributed by atoms with E-state index >= 15 is 0 Å². The molecule has 5 rings (SSSR count). The van der Waals surface area contributed by atoms with Crippen LogP contribution in [0.1, 0.15) is 19.3 Å². The average molecular weight is 354 g/mol. The smallest absolute Gasteiger partial charge is 0.227 e. The molecule has 3 aliphatic rings. The summed E-state index contributed by atoms with van der Waals surface area (Å²) in [5, 5.41) is 9.11. The number of hydrogen-bond acceptors (Lipinski definition) is 6. The van der Waals surface area contributed by atoms with Crippen molar-refractivity contribution in [2.45, 2.75) is 31.8 Å². The Kier molecular flexibility index (Phi) is 4.34. The van der Waals surface area contributed by atoms with Gasteiger partial charge in [-0.2, -0.15) is 0 Å². The fourth-order valence-electron chi connectivity index (χ4n) is 4.09. The van der Waals surface area contributed by atoms with Crippen LogP contribution in [0.25, 0.3) is 11.5 Å². The minimum absolute atomic E-state index is 0.528. The van der Waals surface area contributed by atoms with Crippen LogP contribution in [0.4, 0.5) is 5.95 Å². The second kappa shape index (κ2) is 6.96. The molecule has 2 aromatic rings. The maximum absolute atomic E-state index is 5.59. The van der Waals surface area contributed by atoms with Crippen LogP contribution in [0.3, 0.4) is 0 Å². The van der Waals surface area contributed by atoms with Crippen molar-refractivity contribution in [2.75, 3.05) is 44.3 Å². The zero-order chi connectivity index (χ0) is 17.3. The van der Waals surface area contributed by atoms with Crippen LogP contribution in [0.15, 0.2) is 24.4 Å². The lowest BCUT2D eigenvalue weighted by molar-refractivity contribution is 0.182.